The zero-order chi connectivity index (χ0) is 19.2. The van der Waals surface area contributed by atoms with Gasteiger partial charge in [0.05, 0.1) is 0 Å². The highest BCUT2D eigenvalue weighted by molar-refractivity contribution is 5.91. The highest BCUT2D eigenvalue weighted by atomic mass is 16.5. The van der Waals surface area contributed by atoms with Crippen LogP contribution < -0.4 is 10.1 Å². The van der Waals surface area contributed by atoms with Crippen molar-refractivity contribution in [2.75, 3.05) is 25.0 Å². The van der Waals surface area contributed by atoms with Gasteiger partial charge < -0.3 is 15.0 Å². The summed E-state index contributed by atoms with van der Waals surface area (Å²) in [4.78, 5) is 25.2. The van der Waals surface area contributed by atoms with Crippen LogP contribution >= 0.6 is 0 Å². The molecule has 140 valence electrons. The van der Waals surface area contributed by atoms with E-state index in [1.807, 2.05) is 60.4 Å². The molecule has 2 amide bonds. The molecule has 1 aliphatic heterocycles. The van der Waals surface area contributed by atoms with Crippen LogP contribution in [-0.4, -0.2) is 36.4 Å². The number of hydrogen-bond donors (Lipinski definition) is 1. The fourth-order valence-electron chi connectivity index (χ4n) is 2.97. The number of nitrogens with one attached hydrogen (secondary N) is 1. The summed E-state index contributed by atoms with van der Waals surface area (Å²) >= 11 is 0. The average Bonchev–Trinajstić information content (AvgIpc) is 2.69. The SMILES string of the molecule is CC(=O)N1CC=C(c2ccc(OCC(=O)Nc3ccc(C)cc3)cc2)CC1. The van der Waals surface area contributed by atoms with Crippen molar-refractivity contribution in [2.45, 2.75) is 20.3 Å². The van der Waals surface area contributed by atoms with Crippen LogP contribution in [0.4, 0.5) is 5.69 Å². The minimum atomic E-state index is -0.192. The standard InChI is InChI=1S/C22H24N2O3/c1-16-3-7-20(8-4-16)23-22(26)15-27-21-9-5-18(6-10-21)19-11-13-24(14-12-19)17(2)25/h3-11H,12-15H2,1-2H3,(H,23,26). The highest BCUT2D eigenvalue weighted by Crippen LogP contribution is 2.24. The van der Waals surface area contributed by atoms with E-state index in [1.165, 1.54) is 5.57 Å². The molecule has 1 aliphatic rings. The fourth-order valence-corrected chi connectivity index (χ4v) is 2.97. The van der Waals surface area contributed by atoms with Crippen LogP contribution in [0.2, 0.25) is 0 Å². The second-order valence-corrected chi connectivity index (χ2v) is 6.67. The number of anilines is 1. The van der Waals surface area contributed by atoms with Crippen molar-refractivity contribution < 1.29 is 14.3 Å². The predicted octanol–water partition coefficient (Wildman–Crippen LogP) is 3.65. The van der Waals surface area contributed by atoms with Gasteiger partial charge in [0, 0.05) is 25.7 Å². The molecule has 27 heavy (non-hydrogen) atoms. The molecule has 2 aromatic rings. The molecule has 5 heteroatoms. The van der Waals surface area contributed by atoms with E-state index in [9.17, 15) is 9.59 Å². The number of rotatable bonds is 5. The van der Waals surface area contributed by atoms with Gasteiger partial charge in [-0.15, -0.1) is 0 Å². The van der Waals surface area contributed by atoms with E-state index in [0.29, 0.717) is 12.3 Å². The summed E-state index contributed by atoms with van der Waals surface area (Å²) in [5.74, 6) is 0.569. The Hall–Kier alpha value is -3.08. The second-order valence-electron chi connectivity index (χ2n) is 6.67. The Bertz CT molecular complexity index is 839. The summed E-state index contributed by atoms with van der Waals surface area (Å²) < 4.78 is 5.57. The summed E-state index contributed by atoms with van der Waals surface area (Å²) in [5, 5.41) is 2.81. The summed E-state index contributed by atoms with van der Waals surface area (Å²) in [5.41, 5.74) is 4.26. The molecule has 0 radical (unpaired) electrons. The molecule has 0 saturated heterocycles. The first-order valence-corrected chi connectivity index (χ1v) is 9.05. The quantitative estimate of drug-likeness (QED) is 0.881. The zero-order valence-corrected chi connectivity index (χ0v) is 15.7. The van der Waals surface area contributed by atoms with Crippen molar-refractivity contribution in [3.63, 3.8) is 0 Å². The Morgan fingerprint density at radius 2 is 1.78 bits per heavy atom. The number of hydrogen-bond acceptors (Lipinski definition) is 3. The van der Waals surface area contributed by atoms with E-state index >= 15 is 0 Å². The van der Waals surface area contributed by atoms with Crippen LogP contribution in [0.1, 0.15) is 24.5 Å². The summed E-state index contributed by atoms with van der Waals surface area (Å²) in [6.07, 6.45) is 2.94. The van der Waals surface area contributed by atoms with Crippen molar-refractivity contribution >= 4 is 23.1 Å². The van der Waals surface area contributed by atoms with Crippen molar-refractivity contribution in [1.29, 1.82) is 0 Å². The molecule has 0 saturated carbocycles. The maximum atomic E-state index is 12.0. The van der Waals surface area contributed by atoms with Crippen LogP contribution in [0.25, 0.3) is 5.57 Å². The van der Waals surface area contributed by atoms with Gasteiger partial charge in [-0.3, -0.25) is 9.59 Å². The van der Waals surface area contributed by atoms with Gasteiger partial charge >= 0.3 is 0 Å². The number of carbonyl (C=O) groups excluding carboxylic acids is 2. The first-order valence-electron chi connectivity index (χ1n) is 9.05. The molecular weight excluding hydrogens is 340 g/mol. The number of carbonyl (C=O) groups is 2. The number of benzene rings is 2. The first-order chi connectivity index (χ1) is 13.0. The molecular formula is C22H24N2O3. The smallest absolute Gasteiger partial charge is 0.262 e. The number of aryl methyl sites for hydroxylation is 1. The molecule has 0 bridgehead atoms. The molecule has 5 nitrogen and oxygen atoms in total. The molecule has 0 aromatic heterocycles. The van der Waals surface area contributed by atoms with Crippen LogP contribution in [0.5, 0.6) is 5.75 Å². The number of ether oxygens (including phenoxy) is 1. The number of nitrogens with zero attached hydrogens (tertiary/aromatic N) is 1. The maximum Gasteiger partial charge on any atom is 0.262 e. The average molecular weight is 364 g/mol. The monoisotopic (exact) mass is 364 g/mol. The topological polar surface area (TPSA) is 58.6 Å². The van der Waals surface area contributed by atoms with E-state index in [2.05, 4.69) is 11.4 Å². The lowest BCUT2D eigenvalue weighted by molar-refractivity contribution is -0.128. The van der Waals surface area contributed by atoms with Gasteiger partial charge in [0.1, 0.15) is 5.75 Å². The van der Waals surface area contributed by atoms with Gasteiger partial charge in [-0.2, -0.15) is 0 Å². The molecule has 3 rings (SSSR count). The molecule has 1 N–H and O–H groups in total. The van der Waals surface area contributed by atoms with Crippen molar-refractivity contribution in [2.24, 2.45) is 0 Å². The van der Waals surface area contributed by atoms with Crippen LogP contribution in [-0.2, 0) is 9.59 Å². The van der Waals surface area contributed by atoms with Gasteiger partial charge in [0.25, 0.3) is 5.91 Å². The van der Waals surface area contributed by atoms with Gasteiger partial charge in [-0.1, -0.05) is 35.9 Å². The molecule has 0 fully saturated rings. The van der Waals surface area contributed by atoms with Crippen molar-refractivity contribution in [1.82, 2.24) is 4.90 Å². The Balaban J connectivity index is 1.51. The van der Waals surface area contributed by atoms with Crippen LogP contribution in [0.3, 0.4) is 0 Å². The minimum Gasteiger partial charge on any atom is -0.484 e. The molecule has 0 spiro atoms. The molecule has 1 heterocycles. The van der Waals surface area contributed by atoms with E-state index in [-0.39, 0.29) is 18.4 Å². The summed E-state index contributed by atoms with van der Waals surface area (Å²) in [6.45, 7) is 4.96. The van der Waals surface area contributed by atoms with Gasteiger partial charge in [0.2, 0.25) is 5.91 Å². The highest BCUT2D eigenvalue weighted by Gasteiger charge is 2.14. The third-order valence-corrected chi connectivity index (χ3v) is 4.58. The minimum absolute atomic E-state index is 0.0382. The Kier molecular flexibility index (Phi) is 5.91. The lowest BCUT2D eigenvalue weighted by atomic mass is 9.99. The second kappa shape index (κ2) is 8.54. The molecule has 0 unspecified atom stereocenters. The van der Waals surface area contributed by atoms with Gasteiger partial charge in [-0.25, -0.2) is 0 Å². The van der Waals surface area contributed by atoms with Crippen molar-refractivity contribution in [3.8, 4) is 5.75 Å². The van der Waals surface area contributed by atoms with E-state index < -0.39 is 0 Å². The Morgan fingerprint density at radius 3 is 2.37 bits per heavy atom. The van der Waals surface area contributed by atoms with E-state index in [4.69, 9.17) is 4.74 Å². The Labute approximate surface area is 159 Å². The largest absolute Gasteiger partial charge is 0.484 e. The first kappa shape index (κ1) is 18.7. The fraction of sp³-hybridized carbons (Fsp3) is 0.273. The number of amides is 2. The molecule has 0 atom stereocenters. The lowest BCUT2D eigenvalue weighted by Gasteiger charge is -2.25. The summed E-state index contributed by atoms with van der Waals surface area (Å²) in [7, 11) is 0. The molecule has 2 aromatic carbocycles. The molecule has 0 aliphatic carbocycles. The lowest BCUT2D eigenvalue weighted by Crippen LogP contribution is -2.32. The zero-order valence-electron chi connectivity index (χ0n) is 15.7. The van der Waals surface area contributed by atoms with E-state index in [0.717, 1.165) is 29.8 Å². The third-order valence-electron chi connectivity index (χ3n) is 4.58. The van der Waals surface area contributed by atoms with Crippen molar-refractivity contribution in [3.05, 3.63) is 65.7 Å². The van der Waals surface area contributed by atoms with Crippen LogP contribution in [0, 0.1) is 6.92 Å². The van der Waals surface area contributed by atoms with Crippen LogP contribution in [0.15, 0.2) is 54.6 Å². The normalized spacial score (nSPS) is 13.7. The summed E-state index contributed by atoms with van der Waals surface area (Å²) in [6, 6.07) is 15.3. The Morgan fingerprint density at radius 1 is 1.07 bits per heavy atom. The van der Waals surface area contributed by atoms with E-state index in [1.54, 1.807) is 6.92 Å². The maximum absolute atomic E-state index is 12.0. The predicted molar refractivity (Wildman–Crippen MR) is 107 cm³/mol. The van der Waals surface area contributed by atoms with Gasteiger partial charge in [-0.05, 0) is 48.7 Å². The third kappa shape index (κ3) is 5.20. The van der Waals surface area contributed by atoms with Gasteiger partial charge in [0.15, 0.2) is 6.61 Å².